The van der Waals surface area contributed by atoms with Crippen molar-refractivity contribution in [1.82, 2.24) is 10.3 Å². The topological polar surface area (TPSA) is 45.2 Å². The van der Waals surface area contributed by atoms with Crippen molar-refractivity contribution >= 4 is 22.7 Å². The van der Waals surface area contributed by atoms with E-state index in [1.54, 1.807) is 11.8 Å². The number of aromatic nitrogens is 1. The molecule has 1 unspecified atom stereocenters. The van der Waals surface area contributed by atoms with Gasteiger partial charge in [0, 0.05) is 24.3 Å². The van der Waals surface area contributed by atoms with Gasteiger partial charge in [0.2, 0.25) is 0 Å². The van der Waals surface area contributed by atoms with Gasteiger partial charge in [-0.05, 0) is 30.2 Å². The van der Waals surface area contributed by atoms with Crippen molar-refractivity contribution in [3.05, 3.63) is 35.9 Å². The normalized spacial score (nSPS) is 12.8. The smallest absolute Gasteiger partial charge is 0.101 e. The monoisotopic (exact) mass is 290 g/mol. The largest absolute Gasteiger partial charge is 0.396 e. The van der Waals surface area contributed by atoms with E-state index in [0.29, 0.717) is 5.92 Å². The summed E-state index contributed by atoms with van der Waals surface area (Å²) >= 11 is 1.73. The number of pyridine rings is 1. The van der Waals surface area contributed by atoms with Crippen molar-refractivity contribution in [2.45, 2.75) is 25.4 Å². The predicted octanol–water partition coefficient (Wildman–Crippen LogP) is 3.06. The van der Waals surface area contributed by atoms with Crippen LogP contribution in [0.25, 0.3) is 10.9 Å². The summed E-state index contributed by atoms with van der Waals surface area (Å²) < 4.78 is 0. The lowest BCUT2D eigenvalue weighted by Crippen LogP contribution is -2.13. The Labute approximate surface area is 124 Å². The van der Waals surface area contributed by atoms with Crippen LogP contribution in [0.5, 0.6) is 0 Å². The molecule has 2 aromatic rings. The number of hydrogen-bond donors (Lipinski definition) is 2. The second kappa shape index (κ2) is 7.62. The minimum Gasteiger partial charge on any atom is -0.396 e. The highest BCUT2D eigenvalue weighted by Crippen LogP contribution is 2.26. The molecule has 1 aromatic heterocycles. The summed E-state index contributed by atoms with van der Waals surface area (Å²) in [6.45, 7) is 6.17. The van der Waals surface area contributed by atoms with Crippen LogP contribution in [0.3, 0.4) is 0 Å². The first-order chi connectivity index (χ1) is 9.74. The number of benzene rings is 1. The van der Waals surface area contributed by atoms with Crippen molar-refractivity contribution < 1.29 is 5.11 Å². The molecule has 2 N–H and O–H groups in total. The summed E-state index contributed by atoms with van der Waals surface area (Å²) in [6, 6.07) is 10.4. The maximum Gasteiger partial charge on any atom is 0.101 e. The number of para-hydroxylation sites is 1. The molecule has 3 nitrogen and oxygen atoms in total. The van der Waals surface area contributed by atoms with Gasteiger partial charge in [-0.1, -0.05) is 32.0 Å². The van der Waals surface area contributed by atoms with Crippen LogP contribution in [0.4, 0.5) is 0 Å². The van der Waals surface area contributed by atoms with E-state index in [4.69, 9.17) is 10.1 Å². The minimum absolute atomic E-state index is 0.225. The molecule has 0 aliphatic heterocycles. The molecule has 0 radical (unpaired) electrons. The molecule has 4 heteroatoms. The van der Waals surface area contributed by atoms with Gasteiger partial charge in [-0.15, -0.1) is 11.8 Å². The lowest BCUT2D eigenvalue weighted by molar-refractivity contribution is 0.250. The fourth-order valence-electron chi connectivity index (χ4n) is 1.93. The summed E-state index contributed by atoms with van der Waals surface area (Å²) in [4.78, 5) is 4.78. The summed E-state index contributed by atoms with van der Waals surface area (Å²) in [5, 5.41) is 14.8. The average molecular weight is 290 g/mol. The van der Waals surface area contributed by atoms with Gasteiger partial charge in [-0.2, -0.15) is 0 Å². The number of nitrogens with one attached hydrogen (secondary N) is 1. The van der Waals surface area contributed by atoms with Crippen LogP contribution in [-0.2, 0) is 6.54 Å². The van der Waals surface area contributed by atoms with Gasteiger partial charge < -0.3 is 10.4 Å². The molecule has 0 aliphatic carbocycles. The molecule has 0 amide bonds. The SMILES string of the molecule is CCNCc1cc2ccccc2nc1SCC(C)CO. The standard InChI is InChI=1S/C16H22N2OS/c1-3-17-9-14-8-13-6-4-5-7-15(13)18-16(14)20-11-12(2)10-19/h4-8,12,17,19H,3,9-11H2,1-2H3. The third kappa shape index (κ3) is 3.95. The quantitative estimate of drug-likeness (QED) is 0.769. The number of hydrogen-bond acceptors (Lipinski definition) is 4. The van der Waals surface area contributed by atoms with E-state index < -0.39 is 0 Å². The molecule has 0 aliphatic rings. The van der Waals surface area contributed by atoms with Crippen LogP contribution in [0, 0.1) is 5.92 Å². The molecule has 2 rings (SSSR count). The Morgan fingerprint density at radius 2 is 2.15 bits per heavy atom. The third-order valence-corrected chi connectivity index (χ3v) is 4.51. The number of thioether (sulfide) groups is 1. The lowest BCUT2D eigenvalue weighted by atomic mass is 10.1. The summed E-state index contributed by atoms with van der Waals surface area (Å²) in [5.41, 5.74) is 2.27. The lowest BCUT2D eigenvalue weighted by Gasteiger charge is -2.12. The highest BCUT2D eigenvalue weighted by Gasteiger charge is 2.09. The van der Waals surface area contributed by atoms with Crippen LogP contribution < -0.4 is 5.32 Å². The summed E-state index contributed by atoms with van der Waals surface area (Å²) in [6.07, 6.45) is 0. The Kier molecular flexibility index (Phi) is 5.83. The summed E-state index contributed by atoms with van der Waals surface area (Å²) in [5.74, 6) is 1.18. The molecule has 1 heterocycles. The second-order valence-corrected chi connectivity index (χ2v) is 6.03. The zero-order valence-electron chi connectivity index (χ0n) is 12.1. The molecule has 0 saturated heterocycles. The molecule has 0 saturated carbocycles. The van der Waals surface area contributed by atoms with Crippen molar-refractivity contribution in [3.63, 3.8) is 0 Å². The van der Waals surface area contributed by atoms with Gasteiger partial charge in [-0.3, -0.25) is 0 Å². The van der Waals surface area contributed by atoms with Gasteiger partial charge in [0.1, 0.15) is 5.03 Å². The first-order valence-electron chi connectivity index (χ1n) is 7.07. The Balaban J connectivity index is 2.27. The van der Waals surface area contributed by atoms with Crippen LogP contribution in [0.1, 0.15) is 19.4 Å². The molecule has 1 atom stereocenters. The van der Waals surface area contributed by atoms with Crippen LogP contribution >= 0.6 is 11.8 Å². The molecular formula is C16H22N2OS. The van der Waals surface area contributed by atoms with E-state index in [0.717, 1.165) is 29.4 Å². The Bertz CT molecular complexity index is 559. The van der Waals surface area contributed by atoms with E-state index in [2.05, 4.69) is 31.3 Å². The Morgan fingerprint density at radius 1 is 1.35 bits per heavy atom. The zero-order valence-corrected chi connectivity index (χ0v) is 12.9. The van der Waals surface area contributed by atoms with Crippen molar-refractivity contribution in [2.24, 2.45) is 5.92 Å². The second-order valence-electron chi connectivity index (χ2n) is 5.02. The minimum atomic E-state index is 0.225. The van der Waals surface area contributed by atoms with Gasteiger partial charge >= 0.3 is 0 Å². The van der Waals surface area contributed by atoms with Crippen molar-refractivity contribution in [1.29, 1.82) is 0 Å². The fraction of sp³-hybridized carbons (Fsp3) is 0.438. The van der Waals surface area contributed by atoms with Gasteiger partial charge in [-0.25, -0.2) is 4.98 Å². The first kappa shape index (κ1) is 15.3. The zero-order chi connectivity index (χ0) is 14.4. The van der Waals surface area contributed by atoms with Crippen LogP contribution in [0.2, 0.25) is 0 Å². The maximum absolute atomic E-state index is 9.15. The van der Waals surface area contributed by atoms with Gasteiger partial charge in [0.15, 0.2) is 0 Å². The Hall–Kier alpha value is -1.10. The molecule has 20 heavy (non-hydrogen) atoms. The van der Waals surface area contributed by atoms with E-state index in [1.165, 1.54) is 10.9 Å². The average Bonchev–Trinajstić information content (AvgIpc) is 2.49. The molecule has 0 spiro atoms. The highest BCUT2D eigenvalue weighted by molar-refractivity contribution is 7.99. The molecule has 1 aromatic carbocycles. The number of fused-ring (bicyclic) bond motifs is 1. The molecule has 0 bridgehead atoms. The van der Waals surface area contributed by atoms with Crippen molar-refractivity contribution in [2.75, 3.05) is 18.9 Å². The molecular weight excluding hydrogens is 268 g/mol. The summed E-state index contributed by atoms with van der Waals surface area (Å²) in [7, 11) is 0. The Morgan fingerprint density at radius 3 is 2.90 bits per heavy atom. The van der Waals surface area contributed by atoms with E-state index >= 15 is 0 Å². The number of aliphatic hydroxyl groups is 1. The fourth-order valence-corrected chi connectivity index (χ4v) is 2.95. The van der Waals surface area contributed by atoms with E-state index in [-0.39, 0.29) is 6.61 Å². The van der Waals surface area contributed by atoms with Crippen LogP contribution in [-0.4, -0.2) is 29.0 Å². The van der Waals surface area contributed by atoms with Gasteiger partial charge in [0.25, 0.3) is 0 Å². The van der Waals surface area contributed by atoms with Crippen molar-refractivity contribution in [3.8, 4) is 0 Å². The predicted molar refractivity (Wildman–Crippen MR) is 86.1 cm³/mol. The number of nitrogens with zero attached hydrogens (tertiary/aromatic N) is 1. The highest BCUT2D eigenvalue weighted by atomic mass is 32.2. The van der Waals surface area contributed by atoms with Gasteiger partial charge in [0.05, 0.1) is 5.52 Å². The number of rotatable bonds is 7. The first-order valence-corrected chi connectivity index (χ1v) is 8.06. The van der Waals surface area contributed by atoms with E-state index in [9.17, 15) is 0 Å². The molecule has 108 valence electrons. The molecule has 0 fully saturated rings. The maximum atomic E-state index is 9.15. The third-order valence-electron chi connectivity index (χ3n) is 3.14. The van der Waals surface area contributed by atoms with Crippen LogP contribution in [0.15, 0.2) is 35.4 Å². The van der Waals surface area contributed by atoms with E-state index in [1.807, 2.05) is 18.2 Å². The number of aliphatic hydroxyl groups excluding tert-OH is 1.